The van der Waals surface area contributed by atoms with Gasteiger partial charge in [-0.25, -0.2) is 4.79 Å². The highest BCUT2D eigenvalue weighted by molar-refractivity contribution is 5.90. The van der Waals surface area contributed by atoms with E-state index in [-0.39, 0.29) is 12.6 Å². The molecule has 1 unspecified atom stereocenters. The first kappa shape index (κ1) is 18.7. The van der Waals surface area contributed by atoms with Crippen molar-refractivity contribution < 1.29 is 9.90 Å². The smallest absolute Gasteiger partial charge is 0.319 e. The second-order valence-electron chi connectivity index (χ2n) is 6.84. The summed E-state index contributed by atoms with van der Waals surface area (Å²) >= 11 is 0. The number of carbonyl (C=O) groups excluding carboxylic acids is 1. The first-order valence-corrected chi connectivity index (χ1v) is 9.10. The Hall–Kier alpha value is -1.59. The van der Waals surface area contributed by atoms with Crippen LogP contribution in [-0.2, 0) is 0 Å². The lowest BCUT2D eigenvalue weighted by Gasteiger charge is -2.22. The number of urea groups is 1. The Kier molecular flexibility index (Phi) is 7.53. The number of anilines is 1. The first-order valence-electron chi connectivity index (χ1n) is 9.10. The van der Waals surface area contributed by atoms with Gasteiger partial charge in [0.05, 0.1) is 6.61 Å². The molecule has 1 heterocycles. The van der Waals surface area contributed by atoms with Crippen molar-refractivity contribution in [1.29, 1.82) is 0 Å². The number of nitrogens with zero attached hydrogens (tertiary/aromatic N) is 1. The Morgan fingerprint density at radius 3 is 2.88 bits per heavy atom. The summed E-state index contributed by atoms with van der Waals surface area (Å²) in [4.78, 5) is 14.4. The molecule has 1 atom stereocenters. The molecule has 0 aromatic heterocycles. The van der Waals surface area contributed by atoms with Crippen molar-refractivity contribution >= 4 is 11.7 Å². The van der Waals surface area contributed by atoms with Crippen LogP contribution in [0, 0.1) is 0 Å². The van der Waals surface area contributed by atoms with Gasteiger partial charge >= 0.3 is 6.03 Å². The van der Waals surface area contributed by atoms with Crippen molar-refractivity contribution in [2.45, 2.75) is 51.5 Å². The van der Waals surface area contributed by atoms with Crippen LogP contribution >= 0.6 is 0 Å². The molecule has 24 heavy (non-hydrogen) atoms. The number of carbonyl (C=O) groups is 1. The Labute approximate surface area is 145 Å². The lowest BCUT2D eigenvalue weighted by atomic mass is 10.0. The lowest BCUT2D eigenvalue weighted by Crippen LogP contribution is -2.34. The molecule has 2 rings (SSSR count). The quantitative estimate of drug-likeness (QED) is 0.640. The van der Waals surface area contributed by atoms with E-state index in [0.717, 1.165) is 43.6 Å². The molecule has 134 valence electrons. The van der Waals surface area contributed by atoms with E-state index >= 15 is 0 Å². The zero-order valence-electron chi connectivity index (χ0n) is 14.9. The molecule has 0 bridgehead atoms. The summed E-state index contributed by atoms with van der Waals surface area (Å²) in [7, 11) is 0. The standard InChI is InChI=1S/C19H31N3O2/c1-15(2)17-9-3-4-10-18(17)21-19(24)20-11-5-6-12-22-13-7-8-16(22)14-23/h3-4,9-10,15-16,23H,5-8,11-14H2,1-2H3,(H2,20,21,24). The van der Waals surface area contributed by atoms with E-state index in [1.807, 2.05) is 24.3 Å². The van der Waals surface area contributed by atoms with Gasteiger partial charge in [-0.2, -0.15) is 0 Å². The van der Waals surface area contributed by atoms with Crippen molar-refractivity contribution in [2.75, 3.05) is 31.6 Å². The van der Waals surface area contributed by atoms with Crippen molar-refractivity contribution in [1.82, 2.24) is 10.2 Å². The summed E-state index contributed by atoms with van der Waals surface area (Å²) in [6.45, 7) is 7.27. The molecule has 0 aliphatic carbocycles. The number of benzene rings is 1. The van der Waals surface area contributed by atoms with Crippen LogP contribution in [0.2, 0.25) is 0 Å². The van der Waals surface area contributed by atoms with Gasteiger partial charge in [-0.05, 0) is 56.3 Å². The minimum atomic E-state index is -0.141. The summed E-state index contributed by atoms with van der Waals surface area (Å²) in [6, 6.07) is 8.13. The maximum Gasteiger partial charge on any atom is 0.319 e. The van der Waals surface area contributed by atoms with Gasteiger partial charge in [0.15, 0.2) is 0 Å². The van der Waals surface area contributed by atoms with Crippen LogP contribution in [0.15, 0.2) is 24.3 Å². The van der Waals surface area contributed by atoms with Gasteiger partial charge in [-0.15, -0.1) is 0 Å². The normalized spacial score (nSPS) is 18.1. The predicted molar refractivity (Wildman–Crippen MR) is 98.5 cm³/mol. The molecule has 3 N–H and O–H groups in total. The van der Waals surface area contributed by atoms with Crippen LogP contribution in [-0.4, -0.2) is 48.3 Å². The number of rotatable bonds is 8. The van der Waals surface area contributed by atoms with Gasteiger partial charge in [0.25, 0.3) is 0 Å². The van der Waals surface area contributed by atoms with Crippen LogP contribution in [0.4, 0.5) is 10.5 Å². The van der Waals surface area contributed by atoms with E-state index in [0.29, 0.717) is 18.5 Å². The zero-order chi connectivity index (χ0) is 17.4. The topological polar surface area (TPSA) is 64.6 Å². The van der Waals surface area contributed by atoms with Crippen molar-refractivity contribution in [2.24, 2.45) is 0 Å². The van der Waals surface area contributed by atoms with Crippen LogP contribution in [0.1, 0.15) is 51.0 Å². The highest BCUT2D eigenvalue weighted by Crippen LogP contribution is 2.23. The van der Waals surface area contributed by atoms with Crippen molar-refractivity contribution in [3.63, 3.8) is 0 Å². The van der Waals surface area contributed by atoms with Crippen LogP contribution in [0.25, 0.3) is 0 Å². The number of hydrogen-bond donors (Lipinski definition) is 3. The fraction of sp³-hybridized carbons (Fsp3) is 0.632. The predicted octanol–water partition coefficient (Wildman–Crippen LogP) is 3.17. The molecule has 0 radical (unpaired) electrons. The molecule has 1 aliphatic heterocycles. The zero-order valence-corrected chi connectivity index (χ0v) is 14.9. The van der Waals surface area contributed by atoms with E-state index in [1.165, 1.54) is 6.42 Å². The van der Waals surface area contributed by atoms with Gasteiger partial charge < -0.3 is 15.7 Å². The number of aliphatic hydroxyl groups excluding tert-OH is 1. The summed E-state index contributed by atoms with van der Waals surface area (Å²) < 4.78 is 0. The average Bonchev–Trinajstić information content (AvgIpc) is 3.02. The van der Waals surface area contributed by atoms with Crippen molar-refractivity contribution in [3.05, 3.63) is 29.8 Å². The fourth-order valence-electron chi connectivity index (χ4n) is 3.32. The Bertz CT molecular complexity index is 519. The number of amides is 2. The molecule has 5 nitrogen and oxygen atoms in total. The lowest BCUT2D eigenvalue weighted by molar-refractivity contribution is 0.157. The minimum Gasteiger partial charge on any atom is -0.395 e. The highest BCUT2D eigenvalue weighted by Gasteiger charge is 2.22. The second kappa shape index (κ2) is 9.64. The molecule has 1 saturated heterocycles. The number of likely N-dealkylation sites (tertiary alicyclic amines) is 1. The fourth-order valence-corrected chi connectivity index (χ4v) is 3.32. The van der Waals surface area contributed by atoms with E-state index in [2.05, 4.69) is 29.4 Å². The van der Waals surface area contributed by atoms with E-state index in [9.17, 15) is 9.90 Å². The molecule has 1 aliphatic rings. The van der Waals surface area contributed by atoms with Gasteiger partial charge in [0.2, 0.25) is 0 Å². The van der Waals surface area contributed by atoms with Crippen molar-refractivity contribution in [3.8, 4) is 0 Å². The average molecular weight is 333 g/mol. The van der Waals surface area contributed by atoms with Gasteiger partial charge in [-0.1, -0.05) is 32.0 Å². The molecular formula is C19H31N3O2. The third-order valence-corrected chi connectivity index (χ3v) is 4.70. The van der Waals surface area contributed by atoms with Crippen LogP contribution < -0.4 is 10.6 Å². The molecule has 0 saturated carbocycles. The molecule has 2 amide bonds. The number of unbranched alkanes of at least 4 members (excludes halogenated alkanes) is 1. The summed E-state index contributed by atoms with van der Waals surface area (Å²) in [6.07, 6.45) is 4.28. The minimum absolute atomic E-state index is 0.141. The first-order chi connectivity index (χ1) is 11.6. The Balaban J connectivity index is 1.65. The van der Waals surface area contributed by atoms with Gasteiger partial charge in [0.1, 0.15) is 0 Å². The number of aliphatic hydroxyl groups is 1. The second-order valence-corrected chi connectivity index (χ2v) is 6.84. The maximum absolute atomic E-state index is 12.0. The highest BCUT2D eigenvalue weighted by atomic mass is 16.3. The van der Waals surface area contributed by atoms with E-state index in [4.69, 9.17) is 0 Å². The molecule has 0 spiro atoms. The van der Waals surface area contributed by atoms with Gasteiger partial charge in [0, 0.05) is 18.3 Å². The van der Waals surface area contributed by atoms with E-state index in [1.54, 1.807) is 0 Å². The van der Waals surface area contributed by atoms with Gasteiger partial charge in [-0.3, -0.25) is 4.90 Å². The van der Waals surface area contributed by atoms with Crippen LogP contribution in [0.3, 0.4) is 0 Å². The molecular weight excluding hydrogens is 302 g/mol. The monoisotopic (exact) mass is 333 g/mol. The third-order valence-electron chi connectivity index (χ3n) is 4.70. The number of nitrogens with one attached hydrogen (secondary N) is 2. The molecule has 1 aromatic rings. The molecule has 5 heteroatoms. The largest absolute Gasteiger partial charge is 0.395 e. The molecule has 1 fully saturated rings. The Morgan fingerprint density at radius 2 is 2.12 bits per heavy atom. The van der Waals surface area contributed by atoms with Crippen LogP contribution in [0.5, 0.6) is 0 Å². The number of hydrogen-bond acceptors (Lipinski definition) is 3. The third kappa shape index (κ3) is 5.49. The molecule has 1 aromatic carbocycles. The number of para-hydroxylation sites is 1. The SMILES string of the molecule is CC(C)c1ccccc1NC(=O)NCCCCN1CCCC1CO. The summed E-state index contributed by atoms with van der Waals surface area (Å²) in [5, 5.41) is 15.2. The van der Waals surface area contributed by atoms with E-state index < -0.39 is 0 Å². The Morgan fingerprint density at radius 1 is 1.33 bits per heavy atom. The summed E-state index contributed by atoms with van der Waals surface area (Å²) in [5.74, 6) is 0.376. The summed E-state index contributed by atoms with van der Waals surface area (Å²) in [5.41, 5.74) is 2.03. The maximum atomic E-state index is 12.0.